The Balaban J connectivity index is 0.000000469. The van der Waals surface area contributed by atoms with Crippen LogP contribution in [-0.4, -0.2) is 58.4 Å². The first kappa shape index (κ1) is 23.8. The number of sulfone groups is 1. The van der Waals surface area contributed by atoms with Crippen molar-refractivity contribution in [1.82, 2.24) is 15.1 Å². The molecule has 1 aromatic heterocycles. The molecule has 1 saturated heterocycles. The number of benzene rings is 1. The fourth-order valence-electron chi connectivity index (χ4n) is 3.06. The molecule has 0 spiro atoms. The normalized spacial score (nSPS) is 17.2. The lowest BCUT2D eigenvalue weighted by Gasteiger charge is -2.10. The highest BCUT2D eigenvalue weighted by Gasteiger charge is 2.31. The third kappa shape index (κ3) is 6.82. The van der Waals surface area contributed by atoms with E-state index in [1.165, 1.54) is 5.56 Å². The largest absolute Gasteiger partial charge is 0.473 e. The number of aromatic nitrogens is 2. The van der Waals surface area contributed by atoms with Crippen molar-refractivity contribution in [3.63, 3.8) is 0 Å². The zero-order chi connectivity index (χ0) is 22.3. The van der Waals surface area contributed by atoms with E-state index in [-0.39, 0.29) is 17.5 Å². The van der Waals surface area contributed by atoms with E-state index in [4.69, 9.17) is 31.4 Å². The Labute approximate surface area is 179 Å². The van der Waals surface area contributed by atoms with Crippen LogP contribution >= 0.6 is 11.6 Å². The Morgan fingerprint density at radius 2 is 1.87 bits per heavy atom. The van der Waals surface area contributed by atoms with Gasteiger partial charge in [-0.15, -0.1) is 0 Å². The van der Waals surface area contributed by atoms with Crippen LogP contribution in [0, 0.1) is 6.92 Å². The summed E-state index contributed by atoms with van der Waals surface area (Å²) in [7, 11) is -2.95. The van der Waals surface area contributed by atoms with Crippen molar-refractivity contribution in [3.8, 4) is 0 Å². The molecule has 9 nitrogen and oxygen atoms in total. The minimum atomic E-state index is -2.95. The third-order valence-corrected chi connectivity index (χ3v) is 6.77. The summed E-state index contributed by atoms with van der Waals surface area (Å²) in [4.78, 5) is 18.2. The molecule has 0 bridgehead atoms. The van der Waals surface area contributed by atoms with Gasteiger partial charge in [-0.1, -0.05) is 41.9 Å². The van der Waals surface area contributed by atoms with Gasteiger partial charge in [0.15, 0.2) is 9.84 Å². The first-order valence-electron chi connectivity index (χ1n) is 9.25. The maximum atomic E-state index is 11.7. The second-order valence-electron chi connectivity index (χ2n) is 6.88. The number of nitrogens with one attached hydrogen (secondary N) is 1. The smallest absolute Gasteiger partial charge is 0.414 e. The third-order valence-electron chi connectivity index (χ3n) is 4.62. The van der Waals surface area contributed by atoms with Crippen molar-refractivity contribution in [3.05, 3.63) is 52.3 Å². The Morgan fingerprint density at radius 1 is 1.23 bits per heavy atom. The van der Waals surface area contributed by atoms with Gasteiger partial charge in [0, 0.05) is 12.1 Å². The highest BCUT2D eigenvalue weighted by atomic mass is 35.5. The van der Waals surface area contributed by atoms with Crippen LogP contribution < -0.4 is 5.32 Å². The molecule has 0 saturated carbocycles. The van der Waals surface area contributed by atoms with Crippen LogP contribution in [0.3, 0.4) is 0 Å². The number of carboxylic acid groups (broad SMARTS) is 2. The van der Waals surface area contributed by atoms with Gasteiger partial charge in [-0.3, -0.25) is 0 Å². The molecule has 3 rings (SSSR count). The molecular weight excluding hydrogens is 434 g/mol. The predicted molar refractivity (Wildman–Crippen MR) is 111 cm³/mol. The Kier molecular flexibility index (Phi) is 8.39. The fraction of sp³-hybridized carbons (Fsp3) is 0.421. The summed E-state index contributed by atoms with van der Waals surface area (Å²) in [5.41, 5.74) is 3.10. The minimum Gasteiger partial charge on any atom is -0.473 e. The summed E-state index contributed by atoms with van der Waals surface area (Å²) in [6, 6.07) is 10.2. The number of halogens is 1. The number of carboxylic acids is 2. The van der Waals surface area contributed by atoms with Crippen LogP contribution in [-0.2, 0) is 32.4 Å². The summed E-state index contributed by atoms with van der Waals surface area (Å²) >= 11 is 6.46. The predicted octanol–water partition coefficient (Wildman–Crippen LogP) is 1.69. The Bertz CT molecular complexity index is 979. The highest BCUT2D eigenvalue weighted by molar-refractivity contribution is 7.91. The first-order chi connectivity index (χ1) is 14.1. The summed E-state index contributed by atoms with van der Waals surface area (Å²) in [6.07, 6.45) is 1.54. The SMILES string of the molecule is Cc1nn(C2CCS(=O)(=O)C2)c(Cl)c1CNCCc1ccccc1.O=C(O)C(=O)O. The maximum Gasteiger partial charge on any atom is 0.414 e. The average molecular weight is 458 g/mol. The van der Waals surface area contributed by atoms with E-state index in [1.807, 2.05) is 25.1 Å². The van der Waals surface area contributed by atoms with Gasteiger partial charge in [0.05, 0.1) is 23.2 Å². The average Bonchev–Trinajstić information content (AvgIpc) is 3.19. The molecule has 1 aromatic carbocycles. The quantitative estimate of drug-likeness (QED) is 0.440. The number of nitrogens with zero attached hydrogens (tertiary/aromatic N) is 2. The van der Waals surface area contributed by atoms with Gasteiger partial charge in [0.1, 0.15) is 5.15 Å². The van der Waals surface area contributed by atoms with E-state index in [2.05, 4.69) is 22.5 Å². The zero-order valence-electron chi connectivity index (χ0n) is 16.4. The molecule has 1 fully saturated rings. The molecule has 1 atom stereocenters. The second kappa shape index (κ2) is 10.6. The van der Waals surface area contributed by atoms with Crippen molar-refractivity contribution in [2.75, 3.05) is 18.1 Å². The van der Waals surface area contributed by atoms with E-state index in [0.717, 1.165) is 24.2 Å². The number of hydrogen-bond acceptors (Lipinski definition) is 6. The van der Waals surface area contributed by atoms with Gasteiger partial charge in [-0.25, -0.2) is 22.7 Å². The van der Waals surface area contributed by atoms with Crippen molar-refractivity contribution in [2.24, 2.45) is 0 Å². The zero-order valence-corrected chi connectivity index (χ0v) is 18.0. The fourth-order valence-corrected chi connectivity index (χ4v) is 5.13. The molecule has 30 heavy (non-hydrogen) atoms. The van der Waals surface area contributed by atoms with Gasteiger partial charge in [0.25, 0.3) is 0 Å². The van der Waals surface area contributed by atoms with Crippen LogP contribution in [0.4, 0.5) is 0 Å². The summed E-state index contributed by atoms with van der Waals surface area (Å²) in [5, 5.41) is 23.2. The van der Waals surface area contributed by atoms with Gasteiger partial charge in [0.2, 0.25) is 0 Å². The highest BCUT2D eigenvalue weighted by Crippen LogP contribution is 2.29. The summed E-state index contributed by atoms with van der Waals surface area (Å²) in [6.45, 7) is 3.40. The van der Waals surface area contributed by atoms with E-state index in [1.54, 1.807) is 4.68 Å². The molecular formula is C19H24ClN3O6S. The van der Waals surface area contributed by atoms with Gasteiger partial charge in [-0.2, -0.15) is 5.10 Å². The lowest BCUT2D eigenvalue weighted by Crippen LogP contribution is -2.17. The molecule has 1 aliphatic rings. The number of carbonyl (C=O) groups is 2. The van der Waals surface area contributed by atoms with Crippen molar-refractivity contribution >= 4 is 33.4 Å². The number of rotatable bonds is 6. The van der Waals surface area contributed by atoms with E-state index >= 15 is 0 Å². The Hall–Kier alpha value is -2.43. The van der Waals surface area contributed by atoms with Crippen LogP contribution in [0.15, 0.2) is 30.3 Å². The second-order valence-corrected chi connectivity index (χ2v) is 9.47. The van der Waals surface area contributed by atoms with Gasteiger partial charge >= 0.3 is 11.9 Å². The molecule has 2 heterocycles. The van der Waals surface area contributed by atoms with Crippen molar-refractivity contribution in [2.45, 2.75) is 32.4 Å². The molecule has 1 unspecified atom stereocenters. The number of hydrogen-bond donors (Lipinski definition) is 3. The van der Waals surface area contributed by atoms with Gasteiger partial charge in [-0.05, 0) is 31.9 Å². The molecule has 11 heteroatoms. The van der Waals surface area contributed by atoms with Gasteiger partial charge < -0.3 is 15.5 Å². The minimum absolute atomic E-state index is 0.134. The molecule has 0 aliphatic carbocycles. The van der Waals surface area contributed by atoms with Crippen LogP contribution in [0.2, 0.25) is 5.15 Å². The molecule has 2 aromatic rings. The monoisotopic (exact) mass is 457 g/mol. The van der Waals surface area contributed by atoms with Crippen LogP contribution in [0.5, 0.6) is 0 Å². The molecule has 164 valence electrons. The number of aryl methyl sites for hydroxylation is 1. The molecule has 1 aliphatic heterocycles. The van der Waals surface area contributed by atoms with Crippen LogP contribution in [0.1, 0.15) is 29.3 Å². The Morgan fingerprint density at radius 3 is 2.40 bits per heavy atom. The first-order valence-corrected chi connectivity index (χ1v) is 11.5. The topological polar surface area (TPSA) is 139 Å². The van der Waals surface area contributed by atoms with Crippen LogP contribution in [0.25, 0.3) is 0 Å². The molecule has 3 N–H and O–H groups in total. The number of aliphatic carboxylic acids is 2. The lowest BCUT2D eigenvalue weighted by molar-refractivity contribution is -0.159. The van der Waals surface area contributed by atoms with E-state index in [9.17, 15) is 8.42 Å². The van der Waals surface area contributed by atoms with E-state index < -0.39 is 21.8 Å². The molecule has 0 radical (unpaired) electrons. The summed E-state index contributed by atoms with van der Waals surface area (Å²) < 4.78 is 25.0. The lowest BCUT2D eigenvalue weighted by atomic mass is 10.1. The van der Waals surface area contributed by atoms with Crippen molar-refractivity contribution < 1.29 is 28.2 Å². The molecule has 0 amide bonds. The summed E-state index contributed by atoms with van der Waals surface area (Å²) in [5.74, 6) is -3.29. The van der Waals surface area contributed by atoms with Crippen molar-refractivity contribution in [1.29, 1.82) is 0 Å². The van der Waals surface area contributed by atoms with E-state index in [0.29, 0.717) is 18.1 Å². The maximum absolute atomic E-state index is 11.7. The standard InChI is InChI=1S/C17H22ClN3O2S.C2H2O4/c1-13-16(11-19-9-7-14-5-3-2-4-6-14)17(18)21(20-13)15-8-10-24(22,23)12-15;3-1(4)2(5)6/h2-6,15,19H,7-12H2,1H3;(H,3,4)(H,5,6).